The van der Waals surface area contributed by atoms with Crippen LogP contribution < -0.4 is 4.74 Å². The standard InChI is InChI=1S/C12H14O3/c1-8-3-2-4-10-5-9(6-11(13)14)7-15-12(8)10/h2-4,9H,5-7H2,1H3,(H,13,14). The molecule has 0 radical (unpaired) electrons. The van der Waals surface area contributed by atoms with E-state index >= 15 is 0 Å². The van der Waals surface area contributed by atoms with Gasteiger partial charge in [-0.2, -0.15) is 0 Å². The van der Waals surface area contributed by atoms with Crippen molar-refractivity contribution in [1.82, 2.24) is 0 Å². The molecule has 2 rings (SSSR count). The van der Waals surface area contributed by atoms with Gasteiger partial charge in [0.05, 0.1) is 13.0 Å². The van der Waals surface area contributed by atoms with Crippen molar-refractivity contribution in [3.8, 4) is 5.75 Å². The van der Waals surface area contributed by atoms with E-state index in [2.05, 4.69) is 0 Å². The van der Waals surface area contributed by atoms with Crippen molar-refractivity contribution in [3.63, 3.8) is 0 Å². The fourth-order valence-corrected chi connectivity index (χ4v) is 2.03. The molecule has 1 aliphatic rings. The third-order valence-electron chi connectivity index (χ3n) is 2.73. The van der Waals surface area contributed by atoms with Gasteiger partial charge in [-0.1, -0.05) is 18.2 Å². The normalized spacial score (nSPS) is 19.1. The lowest BCUT2D eigenvalue weighted by Gasteiger charge is -2.25. The van der Waals surface area contributed by atoms with E-state index in [0.717, 1.165) is 23.3 Å². The van der Waals surface area contributed by atoms with Crippen LogP contribution in [0.25, 0.3) is 0 Å². The Hall–Kier alpha value is -1.51. The lowest BCUT2D eigenvalue weighted by Crippen LogP contribution is -2.23. The maximum absolute atomic E-state index is 10.6. The Labute approximate surface area is 88.7 Å². The molecule has 80 valence electrons. The van der Waals surface area contributed by atoms with E-state index in [4.69, 9.17) is 9.84 Å². The zero-order chi connectivity index (χ0) is 10.8. The average molecular weight is 206 g/mol. The van der Waals surface area contributed by atoms with Crippen LogP contribution in [0.4, 0.5) is 0 Å². The van der Waals surface area contributed by atoms with Crippen molar-refractivity contribution in [2.24, 2.45) is 5.92 Å². The summed E-state index contributed by atoms with van der Waals surface area (Å²) in [6, 6.07) is 6.01. The molecule has 0 saturated heterocycles. The lowest BCUT2D eigenvalue weighted by atomic mass is 9.93. The maximum Gasteiger partial charge on any atom is 0.303 e. The number of carbonyl (C=O) groups is 1. The Kier molecular flexibility index (Phi) is 2.62. The highest BCUT2D eigenvalue weighted by Crippen LogP contribution is 2.31. The second-order valence-electron chi connectivity index (χ2n) is 4.04. The van der Waals surface area contributed by atoms with Crippen LogP contribution in [0.5, 0.6) is 5.75 Å². The Bertz CT molecular complexity index is 384. The van der Waals surface area contributed by atoms with Crippen LogP contribution in [0.1, 0.15) is 17.5 Å². The minimum atomic E-state index is -0.750. The van der Waals surface area contributed by atoms with Crippen LogP contribution in [0.15, 0.2) is 18.2 Å². The van der Waals surface area contributed by atoms with Gasteiger partial charge in [-0.25, -0.2) is 0 Å². The molecule has 0 spiro atoms. The third-order valence-corrected chi connectivity index (χ3v) is 2.73. The molecular formula is C12H14O3. The summed E-state index contributed by atoms with van der Waals surface area (Å²) >= 11 is 0. The van der Waals surface area contributed by atoms with Crippen molar-refractivity contribution in [2.45, 2.75) is 19.8 Å². The average Bonchev–Trinajstić information content (AvgIpc) is 2.17. The van der Waals surface area contributed by atoms with Crippen molar-refractivity contribution >= 4 is 5.97 Å². The highest BCUT2D eigenvalue weighted by Gasteiger charge is 2.22. The molecule has 1 aliphatic heterocycles. The molecule has 1 heterocycles. The molecule has 3 heteroatoms. The lowest BCUT2D eigenvalue weighted by molar-refractivity contribution is -0.138. The minimum absolute atomic E-state index is 0.108. The monoisotopic (exact) mass is 206 g/mol. The molecule has 0 saturated carbocycles. The molecule has 1 atom stereocenters. The van der Waals surface area contributed by atoms with Crippen LogP contribution in [0, 0.1) is 12.8 Å². The van der Waals surface area contributed by atoms with Gasteiger partial charge in [0.2, 0.25) is 0 Å². The number of hydrogen-bond donors (Lipinski definition) is 1. The minimum Gasteiger partial charge on any atom is -0.493 e. The molecule has 0 aliphatic carbocycles. The number of aliphatic carboxylic acids is 1. The summed E-state index contributed by atoms with van der Waals surface area (Å²) in [5, 5.41) is 8.71. The number of aryl methyl sites for hydroxylation is 1. The van der Waals surface area contributed by atoms with E-state index in [-0.39, 0.29) is 12.3 Å². The van der Waals surface area contributed by atoms with Crippen LogP contribution >= 0.6 is 0 Å². The first kappa shape index (κ1) is 10.0. The van der Waals surface area contributed by atoms with Crippen molar-refractivity contribution in [2.75, 3.05) is 6.61 Å². The molecule has 0 aromatic heterocycles. The fraction of sp³-hybridized carbons (Fsp3) is 0.417. The number of rotatable bonds is 2. The van der Waals surface area contributed by atoms with E-state index in [1.807, 2.05) is 25.1 Å². The highest BCUT2D eigenvalue weighted by atomic mass is 16.5. The number of fused-ring (bicyclic) bond motifs is 1. The molecule has 0 bridgehead atoms. The number of carboxylic acid groups (broad SMARTS) is 1. The molecule has 3 nitrogen and oxygen atoms in total. The number of carboxylic acids is 1. The molecule has 1 aromatic rings. The Morgan fingerprint density at radius 1 is 1.60 bits per heavy atom. The molecule has 15 heavy (non-hydrogen) atoms. The summed E-state index contributed by atoms with van der Waals surface area (Å²) in [4.78, 5) is 10.6. The van der Waals surface area contributed by atoms with Crippen LogP contribution in [-0.2, 0) is 11.2 Å². The van der Waals surface area contributed by atoms with Crippen molar-refractivity contribution < 1.29 is 14.6 Å². The highest BCUT2D eigenvalue weighted by molar-refractivity contribution is 5.67. The SMILES string of the molecule is Cc1cccc2c1OCC(CC(=O)O)C2. The quantitative estimate of drug-likeness (QED) is 0.805. The second kappa shape index (κ2) is 3.93. The Morgan fingerprint density at radius 3 is 3.13 bits per heavy atom. The largest absolute Gasteiger partial charge is 0.493 e. The zero-order valence-corrected chi connectivity index (χ0v) is 8.69. The van der Waals surface area contributed by atoms with Gasteiger partial charge in [-0.15, -0.1) is 0 Å². The summed E-state index contributed by atoms with van der Waals surface area (Å²) in [7, 11) is 0. The van der Waals surface area contributed by atoms with Gasteiger partial charge >= 0.3 is 5.97 Å². The third kappa shape index (κ3) is 2.12. The van der Waals surface area contributed by atoms with Gasteiger partial charge in [-0.3, -0.25) is 4.79 Å². The van der Waals surface area contributed by atoms with E-state index < -0.39 is 5.97 Å². The van der Waals surface area contributed by atoms with Crippen molar-refractivity contribution in [3.05, 3.63) is 29.3 Å². The fourth-order valence-electron chi connectivity index (χ4n) is 2.03. The van der Waals surface area contributed by atoms with Gasteiger partial charge in [0.1, 0.15) is 5.75 Å². The van der Waals surface area contributed by atoms with Crippen molar-refractivity contribution in [1.29, 1.82) is 0 Å². The smallest absolute Gasteiger partial charge is 0.303 e. The number of ether oxygens (including phenoxy) is 1. The first-order valence-electron chi connectivity index (χ1n) is 5.10. The summed E-state index contributed by atoms with van der Waals surface area (Å²) in [5.74, 6) is 0.302. The van der Waals surface area contributed by atoms with E-state index in [0.29, 0.717) is 6.61 Å². The van der Waals surface area contributed by atoms with E-state index in [1.54, 1.807) is 0 Å². The number of benzene rings is 1. The maximum atomic E-state index is 10.6. The number of para-hydroxylation sites is 1. The molecular weight excluding hydrogens is 192 g/mol. The molecule has 1 aromatic carbocycles. The van der Waals surface area contributed by atoms with Crippen LogP contribution in [0.2, 0.25) is 0 Å². The summed E-state index contributed by atoms with van der Waals surface area (Å²) in [6.07, 6.45) is 0.997. The van der Waals surface area contributed by atoms with Gasteiger partial charge < -0.3 is 9.84 Å². The molecule has 0 amide bonds. The summed E-state index contributed by atoms with van der Waals surface area (Å²) in [5.41, 5.74) is 2.26. The first-order chi connectivity index (χ1) is 7.16. The first-order valence-corrected chi connectivity index (χ1v) is 5.10. The Morgan fingerprint density at radius 2 is 2.40 bits per heavy atom. The topological polar surface area (TPSA) is 46.5 Å². The summed E-state index contributed by atoms with van der Waals surface area (Å²) < 4.78 is 5.60. The van der Waals surface area contributed by atoms with Crippen LogP contribution in [-0.4, -0.2) is 17.7 Å². The van der Waals surface area contributed by atoms with Gasteiger partial charge in [0.25, 0.3) is 0 Å². The van der Waals surface area contributed by atoms with Gasteiger partial charge in [0.15, 0.2) is 0 Å². The van der Waals surface area contributed by atoms with Gasteiger partial charge in [-0.05, 0) is 24.5 Å². The second-order valence-corrected chi connectivity index (χ2v) is 4.04. The predicted molar refractivity (Wildman–Crippen MR) is 56.1 cm³/mol. The van der Waals surface area contributed by atoms with E-state index in [9.17, 15) is 4.79 Å². The molecule has 1 N–H and O–H groups in total. The molecule has 1 unspecified atom stereocenters. The molecule has 0 fully saturated rings. The van der Waals surface area contributed by atoms with E-state index in [1.165, 1.54) is 0 Å². The predicted octanol–water partition coefficient (Wildman–Crippen LogP) is 2.02. The zero-order valence-electron chi connectivity index (χ0n) is 8.69. The summed E-state index contributed by atoms with van der Waals surface area (Å²) in [6.45, 7) is 2.53. The van der Waals surface area contributed by atoms with Gasteiger partial charge in [0, 0.05) is 5.92 Å². The Balaban J connectivity index is 2.17. The number of hydrogen-bond acceptors (Lipinski definition) is 2. The van der Waals surface area contributed by atoms with Crippen LogP contribution in [0.3, 0.4) is 0 Å².